The van der Waals surface area contributed by atoms with Gasteiger partial charge in [-0.25, -0.2) is 4.79 Å². The minimum absolute atomic E-state index is 0.0228. The molecule has 1 fully saturated rings. The number of carbonyl (C=O) groups is 2. The number of fused-ring (bicyclic) bond motifs is 1. The van der Waals surface area contributed by atoms with E-state index in [-0.39, 0.29) is 48.2 Å². The molecule has 8 nitrogen and oxygen atoms in total. The van der Waals surface area contributed by atoms with Crippen LogP contribution in [0.25, 0.3) is 10.2 Å². The van der Waals surface area contributed by atoms with Gasteiger partial charge in [-0.05, 0) is 19.4 Å². The monoisotopic (exact) mass is 432 g/mol. The molecule has 0 atom stereocenters. The van der Waals surface area contributed by atoms with Gasteiger partial charge >= 0.3 is 11.9 Å². The predicted molar refractivity (Wildman–Crippen MR) is 99.9 cm³/mol. The maximum absolute atomic E-state index is 12.8. The molecule has 0 radical (unpaired) electrons. The molecule has 12 heteroatoms. The van der Waals surface area contributed by atoms with Crippen LogP contribution in [0.1, 0.15) is 23.8 Å². The molecule has 3 heterocycles. The van der Waals surface area contributed by atoms with Crippen molar-refractivity contribution >= 4 is 33.4 Å². The van der Waals surface area contributed by atoms with E-state index in [0.29, 0.717) is 10.4 Å². The second-order valence-corrected chi connectivity index (χ2v) is 7.79. The number of nitrogens with zero attached hydrogens (tertiary/aromatic N) is 3. The van der Waals surface area contributed by atoms with Crippen molar-refractivity contribution in [2.75, 3.05) is 13.1 Å². The van der Waals surface area contributed by atoms with Crippen LogP contribution in [-0.2, 0) is 29.2 Å². The number of aryl methyl sites for hydroxylation is 2. The van der Waals surface area contributed by atoms with Crippen LogP contribution in [0.3, 0.4) is 0 Å². The molecule has 1 saturated heterocycles. The molecule has 2 aromatic rings. The Labute approximate surface area is 166 Å². The van der Waals surface area contributed by atoms with Gasteiger partial charge in [0.15, 0.2) is 0 Å². The highest BCUT2D eigenvalue weighted by molar-refractivity contribution is 7.18. The predicted octanol–water partition coefficient (Wildman–Crippen LogP) is 0.964. The highest BCUT2D eigenvalue weighted by Gasteiger charge is 2.29. The molecule has 158 valence electrons. The second kappa shape index (κ2) is 7.65. The molecular weight excluding hydrogens is 413 g/mol. The zero-order chi connectivity index (χ0) is 21.5. The maximum atomic E-state index is 12.8. The summed E-state index contributed by atoms with van der Waals surface area (Å²) in [5, 5.41) is 2.60. The van der Waals surface area contributed by atoms with E-state index in [9.17, 15) is 32.3 Å². The van der Waals surface area contributed by atoms with E-state index in [1.807, 2.05) is 0 Å². The lowest BCUT2D eigenvalue weighted by molar-refractivity contribution is -0.141. The number of rotatable bonds is 5. The first-order valence-electron chi connectivity index (χ1n) is 8.90. The Morgan fingerprint density at radius 1 is 1.14 bits per heavy atom. The Balaban J connectivity index is 2.12. The number of aromatic nitrogens is 2. The number of hydrogen-bond donors (Lipinski definition) is 1. The molecule has 0 aromatic carbocycles. The van der Waals surface area contributed by atoms with Crippen LogP contribution in [0.5, 0.6) is 0 Å². The van der Waals surface area contributed by atoms with Crippen LogP contribution in [0.15, 0.2) is 9.59 Å². The van der Waals surface area contributed by atoms with Gasteiger partial charge in [0.25, 0.3) is 5.56 Å². The minimum atomic E-state index is -4.46. The van der Waals surface area contributed by atoms with Crippen LogP contribution < -0.4 is 16.6 Å². The van der Waals surface area contributed by atoms with Crippen LogP contribution in [-0.4, -0.2) is 45.1 Å². The lowest BCUT2D eigenvalue weighted by Gasteiger charge is -2.26. The summed E-state index contributed by atoms with van der Waals surface area (Å²) in [7, 11) is 0. The lowest BCUT2D eigenvalue weighted by Crippen LogP contribution is -2.50. The Kier molecular flexibility index (Phi) is 5.57. The minimum Gasteiger partial charge on any atom is -0.345 e. The van der Waals surface area contributed by atoms with Crippen LogP contribution in [0.4, 0.5) is 13.2 Å². The van der Waals surface area contributed by atoms with Gasteiger partial charge in [0, 0.05) is 18.0 Å². The molecule has 0 aliphatic carbocycles. The molecule has 29 heavy (non-hydrogen) atoms. The van der Waals surface area contributed by atoms with Gasteiger partial charge < -0.3 is 10.2 Å². The number of nitrogens with one attached hydrogen (secondary N) is 1. The molecule has 0 unspecified atom stereocenters. The van der Waals surface area contributed by atoms with Crippen molar-refractivity contribution in [1.29, 1.82) is 0 Å². The third kappa shape index (κ3) is 4.07. The number of thiophene rings is 1. The van der Waals surface area contributed by atoms with Crippen molar-refractivity contribution in [2.24, 2.45) is 0 Å². The van der Waals surface area contributed by atoms with Crippen LogP contribution >= 0.6 is 11.3 Å². The fourth-order valence-corrected chi connectivity index (χ4v) is 4.56. The third-order valence-electron chi connectivity index (χ3n) is 4.79. The fourth-order valence-electron chi connectivity index (χ4n) is 3.23. The Morgan fingerprint density at radius 3 is 2.45 bits per heavy atom. The molecule has 2 amide bonds. The van der Waals surface area contributed by atoms with Crippen molar-refractivity contribution in [3.05, 3.63) is 31.3 Å². The van der Waals surface area contributed by atoms with E-state index >= 15 is 0 Å². The first-order chi connectivity index (χ1) is 13.5. The number of amides is 2. The van der Waals surface area contributed by atoms with Crippen molar-refractivity contribution in [3.8, 4) is 0 Å². The normalized spacial score (nSPS) is 15.3. The first kappa shape index (κ1) is 21.1. The van der Waals surface area contributed by atoms with Crippen molar-refractivity contribution < 1.29 is 22.8 Å². The number of hydrogen-bond acceptors (Lipinski definition) is 5. The SMILES string of the molecule is CCn1c(=O)c2c(C)c(CN3CC(=O)NCC3=O)sc2n(CCC(F)(F)F)c1=O. The summed E-state index contributed by atoms with van der Waals surface area (Å²) in [5.41, 5.74) is -0.870. The van der Waals surface area contributed by atoms with E-state index < -0.39 is 30.4 Å². The van der Waals surface area contributed by atoms with Gasteiger partial charge in [-0.1, -0.05) is 0 Å². The average Bonchev–Trinajstić information content (AvgIpc) is 2.94. The summed E-state index contributed by atoms with van der Waals surface area (Å²) in [6, 6.07) is 0. The molecule has 1 aliphatic heterocycles. The molecule has 3 rings (SSSR count). The molecule has 0 saturated carbocycles. The number of halogens is 3. The van der Waals surface area contributed by atoms with Crippen molar-refractivity contribution in [1.82, 2.24) is 19.4 Å². The van der Waals surface area contributed by atoms with E-state index in [1.54, 1.807) is 13.8 Å². The lowest BCUT2D eigenvalue weighted by atomic mass is 10.2. The molecule has 0 bridgehead atoms. The summed E-state index contributed by atoms with van der Waals surface area (Å²) in [6.07, 6.45) is -5.66. The van der Waals surface area contributed by atoms with Crippen molar-refractivity contribution in [3.63, 3.8) is 0 Å². The zero-order valence-electron chi connectivity index (χ0n) is 15.8. The Hall–Kier alpha value is -2.63. The van der Waals surface area contributed by atoms with E-state index in [0.717, 1.165) is 20.5 Å². The van der Waals surface area contributed by atoms with Crippen LogP contribution in [0.2, 0.25) is 0 Å². The highest BCUT2D eigenvalue weighted by Crippen LogP contribution is 2.30. The average molecular weight is 432 g/mol. The largest absolute Gasteiger partial charge is 0.390 e. The Bertz CT molecular complexity index is 1100. The molecule has 1 aliphatic rings. The van der Waals surface area contributed by atoms with E-state index in [4.69, 9.17) is 0 Å². The molecular formula is C17H19F3N4O4S. The molecule has 2 aromatic heterocycles. The van der Waals surface area contributed by atoms with E-state index in [1.165, 1.54) is 4.90 Å². The first-order valence-corrected chi connectivity index (χ1v) is 9.72. The van der Waals surface area contributed by atoms with Gasteiger partial charge in [0.2, 0.25) is 11.8 Å². The summed E-state index contributed by atoms with van der Waals surface area (Å²) in [6.45, 7) is 2.36. The quantitative estimate of drug-likeness (QED) is 0.762. The van der Waals surface area contributed by atoms with Gasteiger partial charge in [-0.15, -0.1) is 11.3 Å². The number of piperazine rings is 1. The molecule has 1 N–H and O–H groups in total. The second-order valence-electron chi connectivity index (χ2n) is 6.71. The summed E-state index contributed by atoms with van der Waals surface area (Å²) in [5.74, 6) is -0.624. The van der Waals surface area contributed by atoms with E-state index in [2.05, 4.69) is 5.32 Å². The summed E-state index contributed by atoms with van der Waals surface area (Å²) >= 11 is 1.00. The number of carbonyl (C=O) groups excluding carboxylic acids is 2. The Morgan fingerprint density at radius 2 is 1.83 bits per heavy atom. The topological polar surface area (TPSA) is 93.4 Å². The fraction of sp³-hybridized carbons (Fsp3) is 0.529. The van der Waals surface area contributed by atoms with Gasteiger partial charge in [-0.3, -0.25) is 23.5 Å². The zero-order valence-corrected chi connectivity index (χ0v) is 16.6. The highest BCUT2D eigenvalue weighted by atomic mass is 32.1. The van der Waals surface area contributed by atoms with Gasteiger partial charge in [-0.2, -0.15) is 13.2 Å². The third-order valence-corrected chi connectivity index (χ3v) is 6.09. The summed E-state index contributed by atoms with van der Waals surface area (Å²) in [4.78, 5) is 51.0. The standard InChI is InChI=1S/C17H19F3N4O4S/c1-3-23-14(27)13-9(2)10(7-22-8-11(25)21-6-12(22)26)29-15(13)24(16(23)28)5-4-17(18,19)20/h3-8H2,1-2H3,(H,21,25). The summed E-state index contributed by atoms with van der Waals surface area (Å²) < 4.78 is 40.1. The number of alkyl halides is 3. The van der Waals surface area contributed by atoms with Gasteiger partial charge in [0.1, 0.15) is 4.83 Å². The van der Waals surface area contributed by atoms with Crippen LogP contribution in [0, 0.1) is 6.92 Å². The maximum Gasteiger partial charge on any atom is 0.390 e. The van der Waals surface area contributed by atoms with Crippen molar-refractivity contribution in [2.45, 2.75) is 46.1 Å². The molecule has 0 spiro atoms. The van der Waals surface area contributed by atoms with Gasteiger partial charge in [0.05, 0.1) is 31.4 Å². The smallest absolute Gasteiger partial charge is 0.345 e.